The summed E-state index contributed by atoms with van der Waals surface area (Å²) in [6.07, 6.45) is 0. The molecule has 7 heteroatoms. The van der Waals surface area contributed by atoms with Crippen molar-refractivity contribution >= 4 is 5.95 Å². The van der Waals surface area contributed by atoms with Crippen molar-refractivity contribution in [1.29, 1.82) is 0 Å². The zero-order valence-corrected chi connectivity index (χ0v) is 14.7. The minimum absolute atomic E-state index is 0.232. The van der Waals surface area contributed by atoms with Crippen molar-refractivity contribution in [2.45, 2.75) is 6.04 Å². The number of para-hydroxylation sites is 1. The second kappa shape index (κ2) is 7.76. The SMILES string of the molecule is COc1cccc([C@@H](CNc2nnnn2-c2ccccc2)[NH+](C)C)c1. The number of anilines is 1. The van der Waals surface area contributed by atoms with E-state index in [9.17, 15) is 0 Å². The van der Waals surface area contributed by atoms with Crippen LogP contribution in [0.2, 0.25) is 0 Å². The summed E-state index contributed by atoms with van der Waals surface area (Å²) in [5.74, 6) is 1.48. The summed E-state index contributed by atoms with van der Waals surface area (Å²) in [4.78, 5) is 1.31. The number of hydrogen-bond acceptors (Lipinski definition) is 5. The molecule has 3 rings (SSSR count). The van der Waals surface area contributed by atoms with Gasteiger partial charge in [-0.25, -0.2) is 0 Å². The first-order valence-electron chi connectivity index (χ1n) is 8.20. The van der Waals surface area contributed by atoms with Crippen LogP contribution in [0, 0.1) is 0 Å². The number of hydrogen-bond donors (Lipinski definition) is 2. The number of ether oxygens (including phenoxy) is 1. The Hall–Kier alpha value is -2.93. The number of likely N-dealkylation sites (N-methyl/N-ethyl adjacent to an activating group) is 1. The number of methoxy groups -OCH3 is 1. The van der Waals surface area contributed by atoms with E-state index in [-0.39, 0.29) is 6.04 Å². The van der Waals surface area contributed by atoms with Crippen molar-refractivity contribution in [2.24, 2.45) is 0 Å². The van der Waals surface area contributed by atoms with Crippen LogP contribution >= 0.6 is 0 Å². The van der Waals surface area contributed by atoms with E-state index in [2.05, 4.69) is 47.1 Å². The van der Waals surface area contributed by atoms with Crippen LogP contribution in [0.3, 0.4) is 0 Å². The van der Waals surface area contributed by atoms with E-state index < -0.39 is 0 Å². The molecular weight excluding hydrogens is 316 g/mol. The van der Waals surface area contributed by atoms with Crippen LogP contribution in [0.1, 0.15) is 11.6 Å². The number of aromatic nitrogens is 4. The molecule has 0 fully saturated rings. The maximum absolute atomic E-state index is 5.35. The molecule has 0 aliphatic heterocycles. The molecule has 7 nitrogen and oxygen atoms in total. The Labute approximate surface area is 147 Å². The maximum atomic E-state index is 5.35. The van der Waals surface area contributed by atoms with Crippen molar-refractivity contribution in [2.75, 3.05) is 33.1 Å². The molecule has 0 radical (unpaired) electrons. The molecule has 0 saturated heterocycles. The zero-order valence-electron chi connectivity index (χ0n) is 14.7. The maximum Gasteiger partial charge on any atom is 0.247 e. The minimum Gasteiger partial charge on any atom is -0.497 e. The number of benzene rings is 2. The van der Waals surface area contributed by atoms with E-state index in [0.717, 1.165) is 11.4 Å². The van der Waals surface area contributed by atoms with E-state index in [4.69, 9.17) is 4.74 Å². The zero-order chi connectivity index (χ0) is 17.6. The summed E-state index contributed by atoms with van der Waals surface area (Å²) in [5.41, 5.74) is 2.12. The van der Waals surface area contributed by atoms with Crippen LogP contribution in [-0.2, 0) is 0 Å². The highest BCUT2D eigenvalue weighted by Gasteiger charge is 2.19. The van der Waals surface area contributed by atoms with Crippen LogP contribution in [-0.4, -0.2) is 48.0 Å². The Morgan fingerprint density at radius 3 is 2.64 bits per heavy atom. The predicted molar refractivity (Wildman–Crippen MR) is 96.2 cm³/mol. The third-order valence-corrected chi connectivity index (χ3v) is 4.13. The van der Waals surface area contributed by atoms with Gasteiger partial charge in [0, 0.05) is 5.56 Å². The predicted octanol–water partition coefficient (Wildman–Crippen LogP) is 0.969. The fourth-order valence-electron chi connectivity index (χ4n) is 2.75. The quantitative estimate of drug-likeness (QED) is 0.671. The molecule has 25 heavy (non-hydrogen) atoms. The highest BCUT2D eigenvalue weighted by atomic mass is 16.5. The standard InChI is InChI=1S/C18H22N6O/c1-23(2)17(14-8-7-11-16(12-14)25-3)13-19-18-20-21-22-24(18)15-9-5-4-6-10-15/h4-12,17H,13H2,1-3H3,(H,19,20,22)/p+1/t17-/m1/s1. The third-order valence-electron chi connectivity index (χ3n) is 4.13. The number of quaternary nitrogens is 1. The van der Waals surface area contributed by atoms with Gasteiger partial charge in [-0.2, -0.15) is 4.68 Å². The topological polar surface area (TPSA) is 69.3 Å². The van der Waals surface area contributed by atoms with Gasteiger partial charge in [-0.05, 0) is 34.7 Å². The molecule has 0 saturated carbocycles. The van der Waals surface area contributed by atoms with Gasteiger partial charge >= 0.3 is 0 Å². The second-order valence-electron chi connectivity index (χ2n) is 6.04. The number of nitrogens with one attached hydrogen (secondary N) is 2. The molecule has 0 aliphatic carbocycles. The molecule has 1 heterocycles. The Bertz CT molecular complexity index is 802. The molecule has 0 bridgehead atoms. The summed E-state index contributed by atoms with van der Waals surface area (Å²) in [7, 11) is 5.95. The molecule has 0 unspecified atom stereocenters. The van der Waals surface area contributed by atoms with Gasteiger partial charge in [0.05, 0.1) is 33.4 Å². The summed E-state index contributed by atoms with van der Waals surface area (Å²) in [5, 5.41) is 15.4. The first-order valence-corrected chi connectivity index (χ1v) is 8.20. The van der Waals surface area contributed by atoms with Crippen LogP contribution in [0.25, 0.3) is 5.69 Å². The van der Waals surface area contributed by atoms with Gasteiger partial charge in [0.2, 0.25) is 5.95 Å². The molecule has 0 amide bonds. The summed E-state index contributed by atoms with van der Waals surface area (Å²) >= 11 is 0. The molecule has 0 aliphatic rings. The lowest BCUT2D eigenvalue weighted by molar-refractivity contribution is -0.890. The van der Waals surface area contributed by atoms with Crippen molar-refractivity contribution in [3.05, 3.63) is 60.2 Å². The summed E-state index contributed by atoms with van der Waals surface area (Å²) in [6, 6.07) is 18.2. The van der Waals surface area contributed by atoms with Crippen molar-refractivity contribution < 1.29 is 9.64 Å². The van der Waals surface area contributed by atoms with E-state index in [1.165, 1.54) is 10.5 Å². The van der Waals surface area contributed by atoms with Gasteiger partial charge in [-0.15, -0.1) is 0 Å². The molecule has 130 valence electrons. The molecular formula is C18H23N6O+. The normalized spacial score (nSPS) is 12.2. The number of rotatable bonds is 7. The lowest BCUT2D eigenvalue weighted by Gasteiger charge is -2.22. The van der Waals surface area contributed by atoms with Crippen LogP contribution in [0.4, 0.5) is 5.95 Å². The molecule has 3 aromatic rings. The Morgan fingerprint density at radius 1 is 1.12 bits per heavy atom. The van der Waals surface area contributed by atoms with E-state index in [0.29, 0.717) is 12.5 Å². The smallest absolute Gasteiger partial charge is 0.247 e. The number of nitrogens with zero attached hydrogens (tertiary/aromatic N) is 4. The Balaban J connectivity index is 1.78. The van der Waals surface area contributed by atoms with E-state index in [1.807, 2.05) is 42.5 Å². The highest BCUT2D eigenvalue weighted by Crippen LogP contribution is 2.18. The Kier molecular flexibility index (Phi) is 5.25. The first kappa shape index (κ1) is 16.9. The van der Waals surface area contributed by atoms with Gasteiger partial charge in [-0.3, -0.25) is 0 Å². The van der Waals surface area contributed by atoms with Crippen LogP contribution < -0.4 is 15.0 Å². The molecule has 2 aromatic carbocycles. The van der Waals surface area contributed by atoms with E-state index in [1.54, 1.807) is 11.8 Å². The average molecular weight is 339 g/mol. The number of tetrazole rings is 1. The third kappa shape index (κ3) is 3.95. The first-order chi connectivity index (χ1) is 12.2. The van der Waals surface area contributed by atoms with Crippen molar-refractivity contribution in [3.8, 4) is 11.4 Å². The fraction of sp³-hybridized carbons (Fsp3) is 0.278. The van der Waals surface area contributed by atoms with Gasteiger partial charge < -0.3 is 15.0 Å². The molecule has 1 aromatic heterocycles. The van der Waals surface area contributed by atoms with Crippen molar-refractivity contribution in [3.63, 3.8) is 0 Å². The largest absolute Gasteiger partial charge is 0.497 e. The highest BCUT2D eigenvalue weighted by molar-refractivity contribution is 5.39. The van der Waals surface area contributed by atoms with Crippen molar-refractivity contribution in [1.82, 2.24) is 20.2 Å². The Morgan fingerprint density at radius 2 is 1.92 bits per heavy atom. The van der Waals surface area contributed by atoms with Gasteiger partial charge in [0.15, 0.2) is 0 Å². The average Bonchev–Trinajstić information content (AvgIpc) is 3.11. The monoisotopic (exact) mass is 339 g/mol. The van der Waals surface area contributed by atoms with Gasteiger partial charge in [0.1, 0.15) is 11.8 Å². The fourth-order valence-corrected chi connectivity index (χ4v) is 2.75. The van der Waals surface area contributed by atoms with Gasteiger partial charge in [-0.1, -0.05) is 35.4 Å². The summed E-state index contributed by atoms with van der Waals surface area (Å²) in [6.45, 7) is 0.697. The lowest BCUT2D eigenvalue weighted by Crippen LogP contribution is -3.06. The molecule has 0 spiro atoms. The molecule has 1 atom stereocenters. The van der Waals surface area contributed by atoms with E-state index >= 15 is 0 Å². The van der Waals surface area contributed by atoms with Gasteiger partial charge in [0.25, 0.3) is 0 Å². The van der Waals surface area contributed by atoms with Crippen LogP contribution in [0.15, 0.2) is 54.6 Å². The molecule has 2 N–H and O–H groups in total. The summed E-state index contributed by atoms with van der Waals surface area (Å²) < 4.78 is 7.05. The lowest BCUT2D eigenvalue weighted by atomic mass is 10.1. The van der Waals surface area contributed by atoms with Crippen LogP contribution in [0.5, 0.6) is 5.75 Å². The second-order valence-corrected chi connectivity index (χ2v) is 6.04. The minimum atomic E-state index is 0.232.